The first-order valence-corrected chi connectivity index (χ1v) is 7.41. The molecule has 6 nitrogen and oxygen atoms in total. The molecule has 106 valence electrons. The maximum atomic E-state index is 5.60. The summed E-state index contributed by atoms with van der Waals surface area (Å²) in [6, 6.07) is 0. The standard InChI is InChI=1S/C14H18N4O2/c1-2-6-11-10(5-1)13(17-16-11)14-15-12(18-20-14)8-9-4-3-7-19-9/h9H,1-8H2,(H,16,17). The lowest BCUT2D eigenvalue weighted by atomic mass is 9.96. The molecule has 2 aliphatic rings. The minimum atomic E-state index is 0.244. The normalized spacial score (nSPS) is 22.1. The lowest BCUT2D eigenvalue weighted by Crippen LogP contribution is -2.09. The van der Waals surface area contributed by atoms with Crippen LogP contribution in [0.3, 0.4) is 0 Å². The molecule has 1 N–H and O–H groups in total. The van der Waals surface area contributed by atoms with Crippen LogP contribution in [0.1, 0.15) is 42.8 Å². The average molecular weight is 274 g/mol. The van der Waals surface area contributed by atoms with Crippen LogP contribution in [0.2, 0.25) is 0 Å². The minimum Gasteiger partial charge on any atom is -0.378 e. The summed E-state index contributed by atoms with van der Waals surface area (Å²) in [6.07, 6.45) is 7.73. The summed E-state index contributed by atoms with van der Waals surface area (Å²) in [5.41, 5.74) is 3.32. The topological polar surface area (TPSA) is 76.8 Å². The van der Waals surface area contributed by atoms with Gasteiger partial charge in [-0.2, -0.15) is 10.1 Å². The van der Waals surface area contributed by atoms with Crippen molar-refractivity contribution >= 4 is 0 Å². The van der Waals surface area contributed by atoms with Crippen molar-refractivity contribution in [1.29, 1.82) is 0 Å². The van der Waals surface area contributed by atoms with Crippen LogP contribution >= 0.6 is 0 Å². The Morgan fingerprint density at radius 2 is 2.15 bits per heavy atom. The van der Waals surface area contributed by atoms with Crippen LogP contribution in [0.4, 0.5) is 0 Å². The fourth-order valence-electron chi connectivity index (χ4n) is 3.10. The average Bonchev–Trinajstić information content (AvgIpc) is 3.18. The smallest absolute Gasteiger partial charge is 0.278 e. The summed E-state index contributed by atoms with van der Waals surface area (Å²) in [6.45, 7) is 0.849. The summed E-state index contributed by atoms with van der Waals surface area (Å²) in [5.74, 6) is 1.26. The fourth-order valence-corrected chi connectivity index (χ4v) is 3.10. The van der Waals surface area contributed by atoms with Gasteiger partial charge in [-0.3, -0.25) is 5.10 Å². The van der Waals surface area contributed by atoms with Gasteiger partial charge in [0.2, 0.25) is 0 Å². The molecular weight excluding hydrogens is 256 g/mol. The van der Waals surface area contributed by atoms with Crippen LogP contribution in [0.15, 0.2) is 4.52 Å². The summed E-state index contributed by atoms with van der Waals surface area (Å²) in [7, 11) is 0. The molecule has 20 heavy (non-hydrogen) atoms. The van der Waals surface area contributed by atoms with Gasteiger partial charge >= 0.3 is 0 Å². The molecule has 0 spiro atoms. The highest BCUT2D eigenvalue weighted by atomic mass is 16.5. The number of aryl methyl sites for hydroxylation is 1. The van der Waals surface area contributed by atoms with E-state index in [2.05, 4.69) is 20.3 Å². The second-order valence-corrected chi connectivity index (χ2v) is 5.59. The number of rotatable bonds is 3. The number of hydrogen-bond acceptors (Lipinski definition) is 5. The molecule has 3 heterocycles. The Bertz CT molecular complexity index is 598. The molecule has 6 heteroatoms. The molecule has 1 aliphatic heterocycles. The number of nitrogens with one attached hydrogen (secondary N) is 1. The number of H-pyrrole nitrogens is 1. The van der Waals surface area contributed by atoms with Crippen molar-refractivity contribution < 1.29 is 9.26 Å². The molecule has 0 bridgehead atoms. The molecule has 1 unspecified atom stereocenters. The van der Waals surface area contributed by atoms with Gasteiger partial charge in [0.25, 0.3) is 5.89 Å². The Labute approximate surface area is 116 Å². The van der Waals surface area contributed by atoms with Gasteiger partial charge in [-0.25, -0.2) is 0 Å². The molecule has 1 atom stereocenters. The lowest BCUT2D eigenvalue weighted by molar-refractivity contribution is 0.109. The van der Waals surface area contributed by atoms with E-state index in [-0.39, 0.29) is 6.10 Å². The van der Waals surface area contributed by atoms with Crippen LogP contribution in [-0.2, 0) is 24.0 Å². The predicted molar refractivity (Wildman–Crippen MR) is 71.2 cm³/mol. The van der Waals surface area contributed by atoms with Gasteiger partial charge in [-0.15, -0.1) is 0 Å². The third-order valence-corrected chi connectivity index (χ3v) is 4.16. The molecule has 2 aromatic heterocycles. The number of aromatic nitrogens is 4. The van der Waals surface area contributed by atoms with Crippen LogP contribution in [0.25, 0.3) is 11.6 Å². The number of nitrogens with zero attached hydrogens (tertiary/aromatic N) is 3. The number of fused-ring (bicyclic) bond motifs is 1. The van der Waals surface area contributed by atoms with Crippen molar-refractivity contribution in [2.45, 2.75) is 51.0 Å². The van der Waals surface area contributed by atoms with E-state index in [0.717, 1.165) is 50.2 Å². The quantitative estimate of drug-likeness (QED) is 0.927. The van der Waals surface area contributed by atoms with E-state index in [9.17, 15) is 0 Å². The maximum absolute atomic E-state index is 5.60. The third kappa shape index (κ3) is 2.14. The van der Waals surface area contributed by atoms with Crippen molar-refractivity contribution in [2.75, 3.05) is 6.61 Å². The third-order valence-electron chi connectivity index (χ3n) is 4.16. The fraction of sp³-hybridized carbons (Fsp3) is 0.643. The van der Waals surface area contributed by atoms with Crippen molar-refractivity contribution in [2.24, 2.45) is 0 Å². The van der Waals surface area contributed by atoms with Gasteiger partial charge in [0.15, 0.2) is 11.5 Å². The summed E-state index contributed by atoms with van der Waals surface area (Å²) >= 11 is 0. The molecule has 1 aliphatic carbocycles. The zero-order valence-corrected chi connectivity index (χ0v) is 11.4. The molecule has 0 radical (unpaired) electrons. The van der Waals surface area contributed by atoms with Crippen LogP contribution < -0.4 is 0 Å². The van der Waals surface area contributed by atoms with Gasteiger partial charge in [-0.05, 0) is 38.5 Å². The predicted octanol–water partition coefficient (Wildman–Crippen LogP) is 2.06. The highest BCUT2D eigenvalue weighted by Gasteiger charge is 2.23. The molecule has 1 saturated heterocycles. The Morgan fingerprint density at radius 1 is 1.20 bits per heavy atom. The van der Waals surface area contributed by atoms with Crippen molar-refractivity contribution in [1.82, 2.24) is 20.3 Å². The Hall–Kier alpha value is -1.69. The molecule has 1 fully saturated rings. The zero-order chi connectivity index (χ0) is 13.4. The van der Waals surface area contributed by atoms with Crippen LogP contribution in [0, 0.1) is 0 Å². The maximum Gasteiger partial charge on any atom is 0.278 e. The molecule has 0 amide bonds. The van der Waals surface area contributed by atoms with E-state index in [4.69, 9.17) is 9.26 Å². The second-order valence-electron chi connectivity index (χ2n) is 5.59. The highest BCUT2D eigenvalue weighted by Crippen LogP contribution is 2.28. The lowest BCUT2D eigenvalue weighted by Gasteiger charge is -2.09. The summed E-state index contributed by atoms with van der Waals surface area (Å²) < 4.78 is 11.0. The van der Waals surface area contributed by atoms with E-state index in [1.54, 1.807) is 0 Å². The first-order chi connectivity index (χ1) is 9.90. The SMILES string of the molecule is C1CCc2c(-c3nc(CC4CCCO4)no3)n[nH]c2C1. The van der Waals surface area contributed by atoms with Gasteiger partial charge in [0, 0.05) is 24.3 Å². The zero-order valence-electron chi connectivity index (χ0n) is 11.4. The molecular formula is C14H18N4O2. The number of hydrogen-bond donors (Lipinski definition) is 1. The molecule has 2 aromatic rings. The number of aromatic amines is 1. The van der Waals surface area contributed by atoms with E-state index in [1.807, 2.05) is 0 Å². The Balaban J connectivity index is 1.56. The van der Waals surface area contributed by atoms with E-state index in [0.29, 0.717) is 5.89 Å². The Morgan fingerprint density at radius 3 is 3.05 bits per heavy atom. The summed E-state index contributed by atoms with van der Waals surface area (Å²) in [5, 5.41) is 11.5. The van der Waals surface area contributed by atoms with Gasteiger partial charge in [0.05, 0.1) is 6.10 Å². The second kappa shape index (κ2) is 5.01. The van der Waals surface area contributed by atoms with Crippen molar-refractivity contribution in [3.63, 3.8) is 0 Å². The molecule has 0 saturated carbocycles. The van der Waals surface area contributed by atoms with Gasteiger partial charge < -0.3 is 9.26 Å². The first kappa shape index (κ1) is 12.1. The van der Waals surface area contributed by atoms with E-state index in [1.165, 1.54) is 24.1 Å². The summed E-state index contributed by atoms with van der Waals surface area (Å²) in [4.78, 5) is 4.48. The molecule has 4 rings (SSSR count). The highest BCUT2D eigenvalue weighted by molar-refractivity contribution is 5.54. The van der Waals surface area contributed by atoms with E-state index >= 15 is 0 Å². The molecule has 0 aromatic carbocycles. The van der Waals surface area contributed by atoms with Crippen molar-refractivity contribution in [3.8, 4) is 11.6 Å². The number of ether oxygens (including phenoxy) is 1. The van der Waals surface area contributed by atoms with Crippen LogP contribution in [0.5, 0.6) is 0 Å². The monoisotopic (exact) mass is 274 g/mol. The largest absolute Gasteiger partial charge is 0.378 e. The minimum absolute atomic E-state index is 0.244. The van der Waals surface area contributed by atoms with Gasteiger partial charge in [-0.1, -0.05) is 5.16 Å². The van der Waals surface area contributed by atoms with E-state index < -0.39 is 0 Å². The van der Waals surface area contributed by atoms with Gasteiger partial charge in [0.1, 0.15) is 0 Å². The Kier molecular flexibility index (Phi) is 3.03. The van der Waals surface area contributed by atoms with Crippen molar-refractivity contribution in [3.05, 3.63) is 17.1 Å². The van der Waals surface area contributed by atoms with Crippen LogP contribution in [-0.4, -0.2) is 33.0 Å². The first-order valence-electron chi connectivity index (χ1n) is 7.41.